The Morgan fingerprint density at radius 3 is 1.20 bits per heavy atom. The largest absolute Gasteiger partial charge is 0.295 e. The monoisotopic (exact) mass is 1790 g/mol. The summed E-state index contributed by atoms with van der Waals surface area (Å²) in [5.41, 5.74) is 37.0. The van der Waals surface area contributed by atoms with Gasteiger partial charge in [-0.25, -0.2) is 27.2 Å². The predicted molar refractivity (Wildman–Crippen MR) is 573 cm³/mol. The molecule has 0 N–H and O–H groups in total. The van der Waals surface area contributed by atoms with Crippen LogP contribution in [0.4, 0.5) is 0 Å². The molecule has 10 nitrogen and oxygen atoms in total. The van der Waals surface area contributed by atoms with Crippen molar-refractivity contribution in [2.75, 3.05) is 0 Å². The van der Waals surface area contributed by atoms with Gasteiger partial charge in [-0.15, -0.1) is 0 Å². The van der Waals surface area contributed by atoms with Gasteiger partial charge in [0.15, 0.2) is 17.1 Å². The molecule has 2 aliphatic carbocycles. The zero-order valence-electron chi connectivity index (χ0n) is 85.0. The van der Waals surface area contributed by atoms with E-state index < -0.39 is 0 Å². The number of pyridine rings is 5. The van der Waals surface area contributed by atoms with Crippen LogP contribution in [0, 0.1) is 65.7 Å². The Kier molecular flexibility index (Phi) is 25.2. The lowest BCUT2D eigenvalue weighted by Gasteiger charge is -2.29. The number of imidazole rings is 5. The fourth-order valence-corrected chi connectivity index (χ4v) is 23.8. The van der Waals surface area contributed by atoms with Crippen LogP contribution < -0.4 is 22.8 Å². The molecule has 10 heterocycles. The van der Waals surface area contributed by atoms with Crippen molar-refractivity contribution in [2.24, 2.45) is 52.5 Å². The fourth-order valence-electron chi connectivity index (χ4n) is 23.8. The van der Waals surface area contributed by atoms with Crippen LogP contribution in [0.5, 0.6) is 0 Å². The Morgan fingerprint density at radius 2 is 0.713 bits per heavy atom. The molecule has 690 valence electrons. The van der Waals surface area contributed by atoms with Gasteiger partial charge in [0.1, 0.15) is 65.6 Å². The van der Waals surface area contributed by atoms with Gasteiger partial charge in [0.2, 0.25) is 0 Å². The van der Waals surface area contributed by atoms with Crippen LogP contribution in [-0.2, 0) is 59.9 Å². The summed E-state index contributed by atoms with van der Waals surface area (Å²) in [5.74, 6) is 2.57. The Hall–Kier alpha value is -13.1. The van der Waals surface area contributed by atoms with Crippen molar-refractivity contribution in [2.45, 2.75) is 218 Å². The van der Waals surface area contributed by atoms with Gasteiger partial charge in [-0.05, 0) is 236 Å². The highest BCUT2D eigenvalue weighted by Crippen LogP contribution is 2.48. The molecule has 0 atom stereocenters. The number of rotatable bonds is 10. The first-order valence-corrected chi connectivity index (χ1v) is 50.4. The van der Waals surface area contributed by atoms with Gasteiger partial charge in [0.25, 0.3) is 28.2 Å². The molecule has 136 heavy (non-hydrogen) atoms. The van der Waals surface area contributed by atoms with Crippen molar-refractivity contribution in [3.05, 3.63) is 346 Å². The van der Waals surface area contributed by atoms with E-state index in [1.807, 2.05) is 0 Å². The van der Waals surface area contributed by atoms with Crippen LogP contribution in [0.2, 0.25) is 0 Å². The van der Waals surface area contributed by atoms with E-state index in [9.17, 15) is 0 Å². The third-order valence-electron chi connectivity index (χ3n) is 29.8. The Morgan fingerprint density at radius 1 is 0.324 bits per heavy atom. The molecule has 23 rings (SSSR count). The van der Waals surface area contributed by atoms with E-state index in [4.69, 9.17) is 0 Å². The topological polar surface area (TPSA) is 41.4 Å². The van der Waals surface area contributed by atoms with Gasteiger partial charge in [0.05, 0.1) is 68.4 Å². The van der Waals surface area contributed by atoms with Gasteiger partial charge in [-0.2, -0.15) is 17.6 Å². The summed E-state index contributed by atoms with van der Waals surface area (Å²) in [5, 5.41) is 17.4. The maximum atomic E-state index is 2.61. The van der Waals surface area contributed by atoms with E-state index in [0.717, 1.165) is 19.3 Å². The van der Waals surface area contributed by atoms with Crippen LogP contribution in [0.3, 0.4) is 0 Å². The van der Waals surface area contributed by atoms with E-state index in [2.05, 4.69) is 472 Å². The summed E-state index contributed by atoms with van der Waals surface area (Å²) < 4.78 is 23.5. The molecule has 2 fully saturated rings. The number of benzene rings is 11. The average molecular weight is 1800 g/mol. The Balaban J connectivity index is 0.000000112. The molecule has 10 aromatic heterocycles. The lowest BCUT2D eigenvalue weighted by Crippen LogP contribution is -2.27. The average Bonchev–Trinajstić information content (AvgIpc) is 1.55. The normalized spacial score (nSPS) is 13.7. The zero-order chi connectivity index (χ0) is 95.2. The SMILES string of the molecule is Cc1cccc(C)c1-c1c[n+](C)c2c3c(C)cccc3c3cc(CC(C)(C)C)ccc3n12.Cc1cccc2c3ccccc3n3c(-c4c(C5CCCCC5)cccc4C4CCCCC4)c[n+](C)c3c12.Cc1cccc2c3ccccc3n3c(-c4c(CC(C)C)cccc4CC(C)C)c[n+](C)c3c12.Cc1cccc2cc(C(C)(C)C)n3cc[n+](C)c3c12.Cc1cccc2ccn3cc[n+](C)c3c12. The van der Waals surface area contributed by atoms with Gasteiger partial charge in [-0.3, -0.25) is 0 Å². The van der Waals surface area contributed by atoms with Crippen LogP contribution in [0.25, 0.3) is 149 Å². The maximum absolute atomic E-state index is 2.61. The summed E-state index contributed by atoms with van der Waals surface area (Å²) in [4.78, 5) is 0. The van der Waals surface area contributed by atoms with Crippen molar-refractivity contribution in [1.29, 1.82) is 0 Å². The van der Waals surface area contributed by atoms with E-state index in [0.29, 0.717) is 23.7 Å². The predicted octanol–water partition coefficient (Wildman–Crippen LogP) is 29.6. The minimum atomic E-state index is 0.127. The van der Waals surface area contributed by atoms with Crippen molar-refractivity contribution in [1.82, 2.24) is 22.0 Å². The van der Waals surface area contributed by atoms with Crippen LogP contribution >= 0.6 is 0 Å². The zero-order valence-corrected chi connectivity index (χ0v) is 85.0. The third-order valence-corrected chi connectivity index (χ3v) is 29.8. The van der Waals surface area contributed by atoms with Gasteiger partial charge in [0, 0.05) is 54.4 Å². The summed E-state index contributed by atoms with van der Waals surface area (Å²) in [7, 11) is 10.8. The molecule has 0 bridgehead atoms. The Bertz CT molecular complexity index is 8120. The van der Waals surface area contributed by atoms with Gasteiger partial charge < -0.3 is 0 Å². The highest BCUT2D eigenvalue weighted by molar-refractivity contribution is 6.16. The van der Waals surface area contributed by atoms with E-state index in [1.54, 1.807) is 16.7 Å². The molecule has 0 unspecified atom stereocenters. The molecular weight excluding hydrogens is 1650 g/mol. The smallest absolute Gasteiger partial charge is 0.232 e. The lowest BCUT2D eigenvalue weighted by molar-refractivity contribution is -0.643. The minimum absolute atomic E-state index is 0.127. The number of aromatic nitrogens is 10. The van der Waals surface area contributed by atoms with Gasteiger partial charge >= 0.3 is 0 Å². The number of hydrogen-bond acceptors (Lipinski definition) is 0. The van der Waals surface area contributed by atoms with Crippen molar-refractivity contribution in [3.63, 3.8) is 0 Å². The molecule has 21 aromatic rings. The Labute approximate surface area is 805 Å². The number of aryl methyl sites for hydroxylation is 12. The van der Waals surface area contributed by atoms with Crippen LogP contribution in [0.15, 0.2) is 274 Å². The molecule has 11 aromatic carbocycles. The van der Waals surface area contributed by atoms with E-state index in [1.165, 1.54) is 269 Å². The summed E-state index contributed by atoms with van der Waals surface area (Å²) in [6.45, 7) is 38.6. The second-order valence-corrected chi connectivity index (χ2v) is 43.3. The lowest BCUT2D eigenvalue weighted by atomic mass is 9.76. The maximum Gasteiger partial charge on any atom is 0.295 e. The summed E-state index contributed by atoms with van der Waals surface area (Å²) in [6.07, 6.45) is 34.5. The summed E-state index contributed by atoms with van der Waals surface area (Å²) in [6, 6.07) is 83.6. The molecule has 0 saturated heterocycles. The van der Waals surface area contributed by atoms with Crippen LogP contribution in [0.1, 0.15) is 218 Å². The van der Waals surface area contributed by atoms with E-state index in [-0.39, 0.29) is 10.8 Å². The van der Waals surface area contributed by atoms with Crippen molar-refractivity contribution >= 4 is 115 Å². The standard InChI is InChI=1S/C35H39N2.C31H35N2.C30H33N2.C17H21N2.C13H13N2/c1-24-13-11-21-30-29-18-9-10-22-31(29)37-32(23-36(2)35(37)33(24)30)34-27(25-14-5-3-6-15-25)19-12-20-28(34)26-16-7-4-8-17-26;1-20(2)17-23-12-10-13-24(18-21(3)4)30(23)28-19-32(6)31-29-22(5)11-9-15-26(29)25-14-7-8-16-27(25)33(28)31;1-19-10-8-11-20(2)27(19)26-18-31(7)29-28-21(3)12-9-13-23(28)24-16-22(17-30(4,5)6)14-15-25(24)32(26)29;1-12-7-6-8-13-11-14(17(2,3)4)19-10-9-18(5)16(19)15(12)13;1-10-4-3-5-11-6-7-15-9-8-14(2)13(15)12(10)11/h9-13,18-23,25-26H,3-8,14-17H2,1-2H3;7-16,19-21H,17-18H2,1-6H3;8-16,18H,17H2,1-7H3;6-11H,1-5H3;3-9H,1-2H3/q5*+1. The number of hydrogen-bond donors (Lipinski definition) is 0. The molecule has 0 amide bonds. The first kappa shape index (κ1) is 92.0. The number of nitrogens with zero attached hydrogens (tertiary/aromatic N) is 10. The molecule has 10 heteroatoms. The first-order valence-electron chi connectivity index (χ1n) is 50.4. The molecule has 0 radical (unpaired) electrons. The minimum Gasteiger partial charge on any atom is -0.232 e. The molecular formula is C126H141N10+5. The molecule has 2 aliphatic rings. The number of para-hydroxylation sites is 2. The van der Waals surface area contributed by atoms with Gasteiger partial charge in [-0.1, -0.05) is 296 Å². The highest BCUT2D eigenvalue weighted by atomic mass is 15.1. The third kappa shape index (κ3) is 17.0. The fraction of sp³-hybridized carbons (Fsp3) is 0.325. The second-order valence-electron chi connectivity index (χ2n) is 43.3. The van der Waals surface area contributed by atoms with Crippen molar-refractivity contribution < 1.29 is 22.8 Å². The molecule has 0 spiro atoms. The second kappa shape index (κ2) is 37.2. The first-order chi connectivity index (χ1) is 65.4. The van der Waals surface area contributed by atoms with E-state index >= 15 is 0 Å². The quantitative estimate of drug-likeness (QED) is 0.0967. The van der Waals surface area contributed by atoms with Crippen LogP contribution in [-0.4, -0.2) is 22.0 Å². The number of fused-ring (bicyclic) bond motifs is 24. The van der Waals surface area contributed by atoms with Crippen molar-refractivity contribution in [3.8, 4) is 33.8 Å². The summed E-state index contributed by atoms with van der Waals surface area (Å²) >= 11 is 0. The molecule has 0 aliphatic heterocycles. The molecule has 2 saturated carbocycles. The highest BCUT2D eigenvalue weighted by Gasteiger charge is 2.35.